The minimum atomic E-state index is -0.159. The predicted octanol–water partition coefficient (Wildman–Crippen LogP) is 6.75. The van der Waals surface area contributed by atoms with Crippen LogP contribution in [0.15, 0.2) is 46.6 Å². The van der Waals surface area contributed by atoms with Crippen molar-refractivity contribution in [3.8, 4) is 5.75 Å². The van der Waals surface area contributed by atoms with Gasteiger partial charge in [-0.15, -0.1) is 0 Å². The van der Waals surface area contributed by atoms with E-state index in [1.54, 1.807) is 0 Å². The topological polar surface area (TPSA) is 37.3 Å². The number of phenolic OH excluding ortho intramolecular Hbond substituents is 1. The van der Waals surface area contributed by atoms with Crippen molar-refractivity contribution in [1.82, 2.24) is 0 Å². The number of carbonyl (C=O) groups excluding carboxylic acids is 1. The van der Waals surface area contributed by atoms with Crippen molar-refractivity contribution >= 4 is 5.78 Å². The molecule has 0 unspecified atom stereocenters. The minimum absolute atomic E-state index is 0.0910. The van der Waals surface area contributed by atoms with E-state index in [1.807, 2.05) is 19.9 Å². The quantitative estimate of drug-likeness (QED) is 0.630. The van der Waals surface area contributed by atoms with Gasteiger partial charge in [-0.2, -0.15) is 0 Å². The summed E-state index contributed by atoms with van der Waals surface area (Å²) in [5.74, 6) is 0.571. The van der Waals surface area contributed by atoms with E-state index in [1.165, 1.54) is 11.1 Å². The van der Waals surface area contributed by atoms with Gasteiger partial charge in [0, 0.05) is 5.57 Å². The van der Waals surface area contributed by atoms with E-state index in [4.69, 9.17) is 0 Å². The first-order chi connectivity index (χ1) is 12.7. The third-order valence-corrected chi connectivity index (χ3v) is 5.53. The summed E-state index contributed by atoms with van der Waals surface area (Å²) >= 11 is 0. The average molecular weight is 381 g/mol. The lowest BCUT2D eigenvalue weighted by molar-refractivity contribution is -0.113. The number of hydrogen-bond donors (Lipinski definition) is 1. The summed E-state index contributed by atoms with van der Waals surface area (Å²) in [7, 11) is 0. The molecule has 1 aromatic carbocycles. The van der Waals surface area contributed by atoms with Gasteiger partial charge in [-0.3, -0.25) is 4.79 Å². The molecular weight excluding hydrogens is 344 g/mol. The predicted molar refractivity (Wildman–Crippen MR) is 119 cm³/mol. The highest BCUT2D eigenvalue weighted by molar-refractivity contribution is 6.10. The maximum absolute atomic E-state index is 12.5. The zero-order valence-corrected chi connectivity index (χ0v) is 19.1. The average Bonchev–Trinajstić information content (AvgIpc) is 2.55. The first kappa shape index (κ1) is 22.2. The van der Waals surface area contributed by atoms with Crippen LogP contribution in [-0.2, 0) is 16.6 Å². The van der Waals surface area contributed by atoms with Crippen LogP contribution in [0.1, 0.15) is 78.5 Å². The fourth-order valence-corrected chi connectivity index (χ4v) is 3.62. The smallest absolute Gasteiger partial charge is 0.185 e. The number of hydrogen-bond acceptors (Lipinski definition) is 2. The molecule has 2 nitrogen and oxygen atoms in total. The van der Waals surface area contributed by atoms with E-state index in [0.29, 0.717) is 5.75 Å². The Morgan fingerprint density at radius 2 is 1.57 bits per heavy atom. The molecular formula is C26H36O2. The van der Waals surface area contributed by atoms with Gasteiger partial charge in [0.25, 0.3) is 0 Å². The number of Topliss-reactive ketones (excluding diaryl/α,β-unsaturated/α-hetero) is 1. The van der Waals surface area contributed by atoms with Crippen LogP contribution in [0.25, 0.3) is 0 Å². The van der Waals surface area contributed by atoms with Gasteiger partial charge in [0.15, 0.2) is 5.78 Å². The summed E-state index contributed by atoms with van der Waals surface area (Å²) in [6, 6.07) is 4.23. The molecule has 0 aliphatic heterocycles. The maximum Gasteiger partial charge on any atom is 0.185 e. The Morgan fingerprint density at radius 3 is 2.11 bits per heavy atom. The largest absolute Gasteiger partial charge is 0.507 e. The van der Waals surface area contributed by atoms with Crippen molar-refractivity contribution in [2.45, 2.75) is 80.6 Å². The van der Waals surface area contributed by atoms with Crippen LogP contribution < -0.4 is 0 Å². The number of phenols is 1. The molecule has 1 aromatic rings. The van der Waals surface area contributed by atoms with Crippen LogP contribution in [0.2, 0.25) is 0 Å². The van der Waals surface area contributed by atoms with Crippen LogP contribution >= 0.6 is 0 Å². The molecule has 1 aliphatic rings. The van der Waals surface area contributed by atoms with E-state index in [-0.39, 0.29) is 16.6 Å². The molecule has 0 fully saturated rings. The first-order valence-electron chi connectivity index (χ1n) is 10.2. The number of allylic oxidation sites excluding steroid dienone is 6. The summed E-state index contributed by atoms with van der Waals surface area (Å²) in [6.45, 7) is 18.7. The molecule has 0 atom stereocenters. The van der Waals surface area contributed by atoms with Gasteiger partial charge >= 0.3 is 0 Å². The number of benzene rings is 1. The monoisotopic (exact) mass is 380 g/mol. The van der Waals surface area contributed by atoms with Crippen LogP contribution in [-0.4, -0.2) is 10.9 Å². The van der Waals surface area contributed by atoms with Gasteiger partial charge in [-0.1, -0.05) is 59.2 Å². The molecule has 0 aromatic heterocycles. The number of aryl methyl sites for hydroxylation is 2. The second kappa shape index (κ2) is 7.73. The molecule has 2 heteroatoms. The van der Waals surface area contributed by atoms with Crippen molar-refractivity contribution in [2.75, 3.05) is 0 Å². The highest BCUT2D eigenvalue weighted by Crippen LogP contribution is 2.36. The molecule has 28 heavy (non-hydrogen) atoms. The zero-order chi connectivity index (χ0) is 21.4. The molecule has 0 spiro atoms. The highest BCUT2D eigenvalue weighted by atomic mass is 16.3. The van der Waals surface area contributed by atoms with E-state index >= 15 is 0 Å². The zero-order valence-electron chi connectivity index (χ0n) is 19.1. The lowest BCUT2D eigenvalue weighted by atomic mass is 9.77. The lowest BCUT2D eigenvalue weighted by Crippen LogP contribution is -2.21. The number of carbonyl (C=O) groups is 1. The molecule has 152 valence electrons. The molecule has 1 N–H and O–H groups in total. The summed E-state index contributed by atoms with van der Waals surface area (Å²) in [6.07, 6.45) is 5.94. The second-order valence-electron chi connectivity index (χ2n) is 10.3. The molecule has 0 saturated heterocycles. The van der Waals surface area contributed by atoms with E-state index in [2.05, 4.69) is 66.7 Å². The Kier molecular flexibility index (Phi) is 6.13. The standard InChI is InChI=1S/C26H36O2/c1-16(20-13-18(3)24(28)22(15-20)26(7,8)9)10-11-19-12-17(2)23(27)21(14-19)25(4,5)6/h12-15,27H,10-11H2,1-9H3. The minimum Gasteiger partial charge on any atom is -0.507 e. The molecule has 2 rings (SSSR count). The van der Waals surface area contributed by atoms with Crippen molar-refractivity contribution in [1.29, 1.82) is 0 Å². The van der Waals surface area contributed by atoms with Gasteiger partial charge in [-0.05, 0) is 84.4 Å². The molecule has 1 aliphatic carbocycles. The van der Waals surface area contributed by atoms with E-state index in [0.717, 1.165) is 40.7 Å². The van der Waals surface area contributed by atoms with Crippen LogP contribution in [0, 0.1) is 12.3 Å². The van der Waals surface area contributed by atoms with Gasteiger partial charge < -0.3 is 5.11 Å². The normalized spacial score (nSPS) is 17.4. The third-order valence-electron chi connectivity index (χ3n) is 5.53. The lowest BCUT2D eigenvalue weighted by Gasteiger charge is -2.26. The van der Waals surface area contributed by atoms with Gasteiger partial charge in [0.1, 0.15) is 5.75 Å². The van der Waals surface area contributed by atoms with Crippen LogP contribution in [0.5, 0.6) is 5.75 Å². The fraction of sp³-hybridized carbons (Fsp3) is 0.500. The number of rotatable bonds is 3. The van der Waals surface area contributed by atoms with Crippen molar-refractivity contribution < 1.29 is 9.90 Å². The highest BCUT2D eigenvalue weighted by Gasteiger charge is 2.27. The Bertz CT molecular complexity index is 878. The summed E-state index contributed by atoms with van der Waals surface area (Å²) in [5.41, 5.74) is 7.08. The van der Waals surface area contributed by atoms with Crippen molar-refractivity contribution in [3.05, 3.63) is 63.3 Å². The third kappa shape index (κ3) is 4.84. The van der Waals surface area contributed by atoms with Crippen LogP contribution in [0.4, 0.5) is 0 Å². The Morgan fingerprint density at radius 1 is 0.964 bits per heavy atom. The van der Waals surface area contributed by atoms with Gasteiger partial charge in [0.05, 0.1) is 0 Å². The molecule has 0 amide bonds. The van der Waals surface area contributed by atoms with Crippen molar-refractivity contribution in [2.24, 2.45) is 5.41 Å². The summed E-state index contributed by atoms with van der Waals surface area (Å²) < 4.78 is 0. The second-order valence-corrected chi connectivity index (χ2v) is 10.3. The maximum atomic E-state index is 12.5. The Labute approximate surface area is 171 Å². The van der Waals surface area contributed by atoms with Gasteiger partial charge in [-0.25, -0.2) is 0 Å². The Hall–Kier alpha value is -2.09. The first-order valence-corrected chi connectivity index (χ1v) is 10.2. The number of aromatic hydroxyl groups is 1. The Balaban J connectivity index is 2.33. The molecule has 0 heterocycles. The molecule has 0 radical (unpaired) electrons. The van der Waals surface area contributed by atoms with Gasteiger partial charge in [0.2, 0.25) is 0 Å². The summed E-state index contributed by atoms with van der Waals surface area (Å²) in [4.78, 5) is 12.5. The van der Waals surface area contributed by atoms with Crippen molar-refractivity contribution in [3.63, 3.8) is 0 Å². The van der Waals surface area contributed by atoms with Crippen LogP contribution in [0.3, 0.4) is 0 Å². The number of ketones is 1. The SMILES string of the molecule is CC1=CC(=C(C)CCc2cc(C)c(O)c(C(C)(C)C)c2)C=C(C(C)(C)C)C1=O. The van der Waals surface area contributed by atoms with E-state index in [9.17, 15) is 9.90 Å². The molecule has 0 bridgehead atoms. The molecule has 0 saturated carbocycles. The fourth-order valence-electron chi connectivity index (χ4n) is 3.62. The van der Waals surface area contributed by atoms with E-state index < -0.39 is 0 Å². The summed E-state index contributed by atoms with van der Waals surface area (Å²) in [5, 5.41) is 10.4.